The van der Waals surface area contributed by atoms with Crippen molar-refractivity contribution in [3.63, 3.8) is 0 Å². The lowest BCUT2D eigenvalue weighted by Gasteiger charge is -2.31. The Kier molecular flexibility index (Phi) is 3.93. The Balaban J connectivity index is 2.15. The van der Waals surface area contributed by atoms with Gasteiger partial charge in [-0.15, -0.1) is 0 Å². The Morgan fingerprint density at radius 3 is 2.79 bits per heavy atom. The Morgan fingerprint density at radius 2 is 2.16 bits per heavy atom. The van der Waals surface area contributed by atoms with Crippen molar-refractivity contribution in [3.05, 3.63) is 24.0 Å². The first-order chi connectivity index (χ1) is 9.00. The maximum atomic E-state index is 12.5. The van der Waals surface area contributed by atoms with E-state index in [0.29, 0.717) is 25.2 Å². The molecule has 1 fully saturated rings. The smallest absolute Gasteiger partial charge is 0.308 e. The van der Waals surface area contributed by atoms with Gasteiger partial charge in [-0.05, 0) is 38.8 Å². The van der Waals surface area contributed by atoms with Crippen LogP contribution in [0.15, 0.2) is 18.3 Å². The SMILES string of the molecule is CC(C)n1cccc1C(=O)N1CCCC(C(=O)O)C1. The summed E-state index contributed by atoms with van der Waals surface area (Å²) in [6, 6.07) is 3.87. The molecule has 1 N–H and O–H groups in total. The number of hydrogen-bond acceptors (Lipinski definition) is 2. The third-order valence-corrected chi connectivity index (χ3v) is 3.61. The molecule has 5 heteroatoms. The van der Waals surface area contributed by atoms with Crippen LogP contribution < -0.4 is 0 Å². The van der Waals surface area contributed by atoms with Crippen LogP contribution in [0.3, 0.4) is 0 Å². The first-order valence-electron chi connectivity index (χ1n) is 6.69. The molecule has 1 saturated heterocycles. The zero-order valence-electron chi connectivity index (χ0n) is 11.4. The summed E-state index contributed by atoms with van der Waals surface area (Å²) in [5.74, 6) is -1.30. The molecule has 0 spiro atoms. The van der Waals surface area contributed by atoms with E-state index in [1.165, 1.54) is 0 Å². The van der Waals surface area contributed by atoms with E-state index in [9.17, 15) is 9.59 Å². The van der Waals surface area contributed by atoms with Gasteiger partial charge < -0.3 is 14.6 Å². The minimum atomic E-state index is -0.809. The molecule has 0 saturated carbocycles. The fraction of sp³-hybridized carbons (Fsp3) is 0.571. The summed E-state index contributed by atoms with van der Waals surface area (Å²) in [5, 5.41) is 9.07. The van der Waals surface area contributed by atoms with Gasteiger partial charge in [-0.25, -0.2) is 0 Å². The molecular weight excluding hydrogens is 244 g/mol. The molecule has 1 aromatic rings. The van der Waals surface area contributed by atoms with E-state index in [0.717, 1.165) is 6.42 Å². The molecule has 0 radical (unpaired) electrons. The maximum absolute atomic E-state index is 12.5. The highest BCUT2D eigenvalue weighted by molar-refractivity contribution is 5.93. The number of carboxylic acid groups (broad SMARTS) is 1. The first kappa shape index (κ1) is 13.6. The van der Waals surface area contributed by atoms with Crippen LogP contribution in [0.1, 0.15) is 43.2 Å². The number of likely N-dealkylation sites (tertiary alicyclic amines) is 1. The second-order valence-corrected chi connectivity index (χ2v) is 5.32. The van der Waals surface area contributed by atoms with Gasteiger partial charge in [0.1, 0.15) is 5.69 Å². The van der Waals surface area contributed by atoms with Gasteiger partial charge >= 0.3 is 5.97 Å². The van der Waals surface area contributed by atoms with Crippen LogP contribution in [0.25, 0.3) is 0 Å². The number of carbonyl (C=O) groups excluding carboxylic acids is 1. The lowest BCUT2D eigenvalue weighted by molar-refractivity contribution is -0.143. The van der Waals surface area contributed by atoms with Gasteiger partial charge in [0.05, 0.1) is 5.92 Å². The fourth-order valence-corrected chi connectivity index (χ4v) is 2.55. The summed E-state index contributed by atoms with van der Waals surface area (Å²) in [7, 11) is 0. The summed E-state index contributed by atoms with van der Waals surface area (Å²) >= 11 is 0. The molecule has 2 heterocycles. The van der Waals surface area contributed by atoms with E-state index < -0.39 is 11.9 Å². The Hall–Kier alpha value is -1.78. The normalized spacial score (nSPS) is 19.7. The van der Waals surface area contributed by atoms with Crippen LogP contribution in [0.2, 0.25) is 0 Å². The lowest BCUT2D eigenvalue weighted by Crippen LogP contribution is -2.43. The summed E-state index contributed by atoms with van der Waals surface area (Å²) in [5.41, 5.74) is 0.640. The highest BCUT2D eigenvalue weighted by Crippen LogP contribution is 2.20. The number of nitrogens with zero attached hydrogens (tertiary/aromatic N) is 2. The third-order valence-electron chi connectivity index (χ3n) is 3.61. The molecule has 0 bridgehead atoms. The van der Waals surface area contributed by atoms with E-state index in [1.54, 1.807) is 11.0 Å². The summed E-state index contributed by atoms with van der Waals surface area (Å²) in [6.45, 7) is 5.00. The molecule has 1 amide bonds. The van der Waals surface area contributed by atoms with Crippen LogP contribution in [-0.2, 0) is 4.79 Å². The fourth-order valence-electron chi connectivity index (χ4n) is 2.55. The zero-order valence-corrected chi connectivity index (χ0v) is 11.4. The van der Waals surface area contributed by atoms with Crippen molar-refractivity contribution < 1.29 is 14.7 Å². The maximum Gasteiger partial charge on any atom is 0.308 e. The van der Waals surface area contributed by atoms with Crippen LogP contribution in [0.4, 0.5) is 0 Å². The van der Waals surface area contributed by atoms with E-state index >= 15 is 0 Å². The molecular formula is C14H20N2O3. The second-order valence-electron chi connectivity index (χ2n) is 5.32. The molecule has 2 rings (SSSR count). The molecule has 104 valence electrons. The number of piperidine rings is 1. The number of carbonyl (C=O) groups is 2. The van der Waals surface area contributed by atoms with E-state index in [1.807, 2.05) is 30.7 Å². The molecule has 0 aliphatic carbocycles. The topological polar surface area (TPSA) is 62.5 Å². The molecule has 1 unspecified atom stereocenters. The molecule has 19 heavy (non-hydrogen) atoms. The van der Waals surface area contributed by atoms with E-state index in [-0.39, 0.29) is 11.9 Å². The molecule has 0 aromatic carbocycles. The monoisotopic (exact) mass is 264 g/mol. The minimum absolute atomic E-state index is 0.0651. The van der Waals surface area contributed by atoms with Gasteiger partial charge in [-0.1, -0.05) is 0 Å². The van der Waals surface area contributed by atoms with Gasteiger partial charge in [0.25, 0.3) is 5.91 Å². The minimum Gasteiger partial charge on any atom is -0.481 e. The second kappa shape index (κ2) is 5.47. The van der Waals surface area contributed by atoms with Crippen molar-refractivity contribution >= 4 is 11.9 Å². The van der Waals surface area contributed by atoms with Crippen molar-refractivity contribution in [1.82, 2.24) is 9.47 Å². The Morgan fingerprint density at radius 1 is 1.42 bits per heavy atom. The predicted molar refractivity (Wildman–Crippen MR) is 71.1 cm³/mol. The van der Waals surface area contributed by atoms with Gasteiger partial charge in [0, 0.05) is 25.3 Å². The average molecular weight is 264 g/mol. The molecule has 1 aromatic heterocycles. The number of amides is 1. The van der Waals surface area contributed by atoms with Crippen LogP contribution in [0.5, 0.6) is 0 Å². The van der Waals surface area contributed by atoms with Crippen molar-refractivity contribution in [2.24, 2.45) is 5.92 Å². The summed E-state index contributed by atoms with van der Waals surface area (Å²) < 4.78 is 1.92. The highest BCUT2D eigenvalue weighted by atomic mass is 16.4. The van der Waals surface area contributed by atoms with E-state index in [4.69, 9.17) is 5.11 Å². The van der Waals surface area contributed by atoms with Crippen molar-refractivity contribution in [1.29, 1.82) is 0 Å². The van der Waals surface area contributed by atoms with Gasteiger partial charge in [-0.2, -0.15) is 0 Å². The van der Waals surface area contributed by atoms with Crippen molar-refractivity contribution in [2.75, 3.05) is 13.1 Å². The zero-order chi connectivity index (χ0) is 14.0. The molecule has 1 aliphatic rings. The number of carboxylic acids is 1. The van der Waals surface area contributed by atoms with E-state index in [2.05, 4.69) is 0 Å². The number of rotatable bonds is 3. The van der Waals surface area contributed by atoms with Gasteiger partial charge in [0.15, 0.2) is 0 Å². The quantitative estimate of drug-likeness (QED) is 0.908. The van der Waals surface area contributed by atoms with Crippen LogP contribution >= 0.6 is 0 Å². The average Bonchev–Trinajstić information content (AvgIpc) is 2.87. The molecule has 1 atom stereocenters. The van der Waals surface area contributed by atoms with Gasteiger partial charge in [0.2, 0.25) is 0 Å². The number of hydrogen-bond donors (Lipinski definition) is 1. The van der Waals surface area contributed by atoms with Crippen molar-refractivity contribution in [3.8, 4) is 0 Å². The Labute approximate surface area is 112 Å². The third kappa shape index (κ3) is 2.80. The first-order valence-corrected chi connectivity index (χ1v) is 6.69. The molecule has 1 aliphatic heterocycles. The Bertz CT molecular complexity index is 479. The lowest BCUT2D eigenvalue weighted by atomic mass is 9.98. The predicted octanol–water partition coefficient (Wildman–Crippen LogP) is 2.01. The van der Waals surface area contributed by atoms with Crippen molar-refractivity contribution in [2.45, 2.75) is 32.7 Å². The van der Waals surface area contributed by atoms with Crippen LogP contribution in [0, 0.1) is 5.92 Å². The highest BCUT2D eigenvalue weighted by Gasteiger charge is 2.29. The summed E-state index contributed by atoms with van der Waals surface area (Å²) in [6.07, 6.45) is 3.30. The van der Waals surface area contributed by atoms with Crippen LogP contribution in [-0.4, -0.2) is 39.5 Å². The summed E-state index contributed by atoms with van der Waals surface area (Å²) in [4.78, 5) is 25.2. The largest absolute Gasteiger partial charge is 0.481 e. The van der Waals surface area contributed by atoms with Gasteiger partial charge in [-0.3, -0.25) is 9.59 Å². The number of aliphatic carboxylic acids is 1. The molecule has 5 nitrogen and oxygen atoms in total. The number of aromatic nitrogens is 1. The standard InChI is InChI=1S/C14H20N2O3/c1-10(2)16-8-4-6-12(16)13(17)15-7-3-5-11(9-15)14(18)19/h4,6,8,10-11H,3,5,7,9H2,1-2H3,(H,18,19).